The van der Waals surface area contributed by atoms with Gasteiger partial charge in [0.15, 0.2) is 0 Å². The monoisotopic (exact) mass is 264 g/mol. The minimum Gasteiger partial charge on any atom is -0.469 e. The molecule has 0 bridgehead atoms. The van der Waals surface area contributed by atoms with Crippen LogP contribution in [0.3, 0.4) is 0 Å². The van der Waals surface area contributed by atoms with Crippen LogP contribution in [-0.4, -0.2) is 18.2 Å². The number of aliphatic hydroxyl groups is 1. The Bertz CT molecular complexity index is 422. The number of methoxy groups -OCH3 is 1. The summed E-state index contributed by atoms with van der Waals surface area (Å²) in [5.41, 5.74) is 0.709. The van der Waals surface area contributed by atoms with Gasteiger partial charge in [-0.1, -0.05) is 50.6 Å². The molecule has 0 saturated heterocycles. The summed E-state index contributed by atoms with van der Waals surface area (Å²) in [5.74, 6) is -0.927. The molecule has 0 aliphatic rings. The Balaban J connectivity index is 3.26. The molecule has 0 fully saturated rings. The van der Waals surface area contributed by atoms with Gasteiger partial charge in [0.25, 0.3) is 0 Å². The van der Waals surface area contributed by atoms with Crippen LogP contribution in [0.2, 0.25) is 0 Å². The highest BCUT2D eigenvalue weighted by Crippen LogP contribution is 2.38. The molecule has 3 nitrogen and oxygen atoms in total. The Kier molecular flexibility index (Phi) is 5.12. The lowest BCUT2D eigenvalue weighted by Gasteiger charge is -2.36. The van der Waals surface area contributed by atoms with Gasteiger partial charge in [-0.2, -0.15) is 0 Å². The van der Waals surface area contributed by atoms with E-state index >= 15 is 0 Å². The third-order valence-electron chi connectivity index (χ3n) is 3.73. The molecule has 1 aromatic rings. The van der Waals surface area contributed by atoms with Crippen LogP contribution in [0.1, 0.15) is 38.3 Å². The average Bonchev–Trinajstić information content (AvgIpc) is 2.38. The average molecular weight is 264 g/mol. The molecular formula is C16H24O3. The molecule has 1 N–H and O–H groups in total. The van der Waals surface area contributed by atoms with E-state index in [2.05, 4.69) is 0 Å². The Morgan fingerprint density at radius 1 is 1.32 bits per heavy atom. The summed E-state index contributed by atoms with van der Waals surface area (Å²) in [6.45, 7) is 7.74. The van der Waals surface area contributed by atoms with Crippen LogP contribution in [0, 0.1) is 18.8 Å². The van der Waals surface area contributed by atoms with E-state index < -0.39 is 11.5 Å². The van der Waals surface area contributed by atoms with Gasteiger partial charge in [-0.3, -0.25) is 4.79 Å². The van der Waals surface area contributed by atoms with E-state index in [4.69, 9.17) is 4.74 Å². The molecule has 0 radical (unpaired) electrons. The van der Waals surface area contributed by atoms with Gasteiger partial charge in [0, 0.05) is 0 Å². The van der Waals surface area contributed by atoms with Crippen molar-refractivity contribution in [3.63, 3.8) is 0 Å². The van der Waals surface area contributed by atoms with E-state index in [9.17, 15) is 9.90 Å². The van der Waals surface area contributed by atoms with Gasteiger partial charge in [-0.05, 0) is 24.8 Å². The molecule has 0 aromatic heterocycles. The lowest BCUT2D eigenvalue weighted by Crippen LogP contribution is -2.43. The highest BCUT2D eigenvalue weighted by atomic mass is 16.5. The van der Waals surface area contributed by atoms with E-state index in [-0.39, 0.29) is 11.9 Å². The fraction of sp³-hybridized carbons (Fsp3) is 0.562. The van der Waals surface area contributed by atoms with Crippen molar-refractivity contribution in [3.05, 3.63) is 35.4 Å². The molecule has 0 spiro atoms. The molecule has 1 rings (SSSR count). The predicted molar refractivity (Wildman–Crippen MR) is 75.7 cm³/mol. The van der Waals surface area contributed by atoms with Crippen LogP contribution in [0.4, 0.5) is 0 Å². The number of hydrogen-bond acceptors (Lipinski definition) is 3. The summed E-state index contributed by atoms with van der Waals surface area (Å²) in [6, 6.07) is 7.67. The maximum Gasteiger partial charge on any atom is 0.312 e. The Hall–Kier alpha value is -1.35. The minimum absolute atomic E-state index is 0.00120. The minimum atomic E-state index is -1.19. The van der Waals surface area contributed by atoms with Gasteiger partial charge in [-0.25, -0.2) is 0 Å². The third kappa shape index (κ3) is 3.16. The zero-order valence-electron chi connectivity index (χ0n) is 12.4. The van der Waals surface area contributed by atoms with Gasteiger partial charge in [0.05, 0.1) is 13.0 Å². The molecule has 2 unspecified atom stereocenters. The quantitative estimate of drug-likeness (QED) is 0.831. The molecule has 1 aromatic carbocycles. The van der Waals surface area contributed by atoms with E-state index in [1.807, 2.05) is 52.0 Å². The van der Waals surface area contributed by atoms with Crippen molar-refractivity contribution in [2.24, 2.45) is 11.8 Å². The Morgan fingerprint density at radius 2 is 1.84 bits per heavy atom. The van der Waals surface area contributed by atoms with Gasteiger partial charge in [-0.15, -0.1) is 0 Å². The maximum absolute atomic E-state index is 12.0. The third-order valence-corrected chi connectivity index (χ3v) is 3.73. The normalized spacial score (nSPS) is 15.9. The second-order valence-corrected chi connectivity index (χ2v) is 5.39. The summed E-state index contributed by atoms with van der Waals surface area (Å²) in [7, 11) is 1.36. The number of carbonyl (C=O) groups is 1. The van der Waals surface area contributed by atoms with Crippen LogP contribution in [0.25, 0.3) is 0 Å². The van der Waals surface area contributed by atoms with Crippen molar-refractivity contribution in [1.29, 1.82) is 0 Å². The second kappa shape index (κ2) is 6.20. The topological polar surface area (TPSA) is 46.5 Å². The number of rotatable bonds is 5. The predicted octanol–water partition coefficient (Wildman–Crippen LogP) is 3.04. The van der Waals surface area contributed by atoms with Crippen molar-refractivity contribution in [3.8, 4) is 0 Å². The Morgan fingerprint density at radius 3 is 2.21 bits per heavy atom. The number of carbonyl (C=O) groups excluding carboxylic acids is 1. The van der Waals surface area contributed by atoms with Crippen molar-refractivity contribution in [2.45, 2.75) is 39.7 Å². The van der Waals surface area contributed by atoms with Gasteiger partial charge in [0.2, 0.25) is 0 Å². The fourth-order valence-electron chi connectivity index (χ4n) is 2.59. The molecule has 19 heavy (non-hydrogen) atoms. The molecule has 0 saturated carbocycles. The van der Waals surface area contributed by atoms with Gasteiger partial charge in [0.1, 0.15) is 5.60 Å². The fourth-order valence-corrected chi connectivity index (χ4v) is 2.59. The van der Waals surface area contributed by atoms with E-state index in [0.717, 1.165) is 11.1 Å². The van der Waals surface area contributed by atoms with Crippen LogP contribution < -0.4 is 0 Å². The highest BCUT2D eigenvalue weighted by molar-refractivity contribution is 5.74. The summed E-state index contributed by atoms with van der Waals surface area (Å²) in [6.07, 6.45) is 0.466. The van der Waals surface area contributed by atoms with Crippen molar-refractivity contribution in [1.82, 2.24) is 0 Å². The van der Waals surface area contributed by atoms with Crippen LogP contribution in [0.15, 0.2) is 24.3 Å². The molecule has 106 valence electrons. The lowest BCUT2D eigenvalue weighted by molar-refractivity contribution is -0.161. The van der Waals surface area contributed by atoms with Gasteiger partial charge >= 0.3 is 5.97 Å². The van der Waals surface area contributed by atoms with Crippen LogP contribution in [0.5, 0.6) is 0 Å². The zero-order valence-corrected chi connectivity index (χ0v) is 12.4. The first-order valence-electron chi connectivity index (χ1n) is 6.74. The van der Waals surface area contributed by atoms with E-state index in [1.54, 1.807) is 0 Å². The molecule has 0 aliphatic heterocycles. The molecule has 0 heterocycles. The molecule has 0 amide bonds. The van der Waals surface area contributed by atoms with Crippen LogP contribution in [-0.2, 0) is 15.1 Å². The SMILES string of the molecule is CCC(O)(c1ccc(C)cc1)C(C(=O)OC)C(C)C. The number of esters is 1. The Labute approximate surface area is 115 Å². The number of ether oxygens (including phenoxy) is 1. The van der Waals surface area contributed by atoms with Crippen molar-refractivity contribution < 1.29 is 14.6 Å². The number of aryl methyl sites for hydroxylation is 1. The number of benzene rings is 1. The van der Waals surface area contributed by atoms with Crippen LogP contribution >= 0.6 is 0 Å². The maximum atomic E-state index is 12.0. The van der Waals surface area contributed by atoms with E-state index in [0.29, 0.717) is 6.42 Å². The zero-order chi connectivity index (χ0) is 14.6. The molecule has 3 heteroatoms. The second-order valence-electron chi connectivity index (χ2n) is 5.39. The van der Waals surface area contributed by atoms with Crippen molar-refractivity contribution >= 4 is 5.97 Å². The number of hydrogen-bond donors (Lipinski definition) is 1. The van der Waals surface area contributed by atoms with Gasteiger partial charge < -0.3 is 9.84 Å². The summed E-state index contributed by atoms with van der Waals surface area (Å²) in [5, 5.41) is 11.0. The smallest absolute Gasteiger partial charge is 0.312 e. The van der Waals surface area contributed by atoms with Crippen molar-refractivity contribution in [2.75, 3.05) is 7.11 Å². The first-order valence-corrected chi connectivity index (χ1v) is 6.74. The largest absolute Gasteiger partial charge is 0.469 e. The molecule has 2 atom stereocenters. The lowest BCUT2D eigenvalue weighted by atomic mass is 9.73. The summed E-state index contributed by atoms with van der Waals surface area (Å²) in [4.78, 5) is 12.0. The first kappa shape index (κ1) is 15.7. The molecular weight excluding hydrogens is 240 g/mol. The standard InChI is InChI=1S/C16H24O3/c1-6-16(18,13-9-7-12(4)8-10-13)14(11(2)3)15(17)19-5/h7-11,14,18H,6H2,1-5H3. The van der Waals surface area contributed by atoms with E-state index in [1.165, 1.54) is 7.11 Å². The first-order chi connectivity index (χ1) is 8.86. The highest BCUT2D eigenvalue weighted by Gasteiger charge is 2.44. The summed E-state index contributed by atoms with van der Waals surface area (Å²) < 4.78 is 4.87. The summed E-state index contributed by atoms with van der Waals surface area (Å²) >= 11 is 0. The molecule has 0 aliphatic carbocycles.